The van der Waals surface area contributed by atoms with Gasteiger partial charge in [0.1, 0.15) is 40.3 Å². The van der Waals surface area contributed by atoms with Gasteiger partial charge in [-0.2, -0.15) is 0 Å². The van der Waals surface area contributed by atoms with E-state index in [0.29, 0.717) is 30.1 Å². The van der Waals surface area contributed by atoms with E-state index in [1.807, 2.05) is 13.8 Å². The Labute approximate surface area is 327 Å². The molecule has 13 nitrogen and oxygen atoms in total. The van der Waals surface area contributed by atoms with Crippen molar-refractivity contribution < 1.29 is 52.2 Å². The van der Waals surface area contributed by atoms with Crippen molar-refractivity contribution >= 4 is 31.2 Å². The van der Waals surface area contributed by atoms with Crippen LogP contribution in [-0.2, 0) is 34.7 Å². The third-order valence-corrected chi connectivity index (χ3v) is 11.1. The lowest BCUT2D eigenvalue weighted by atomic mass is 9.43. The van der Waals surface area contributed by atoms with Crippen molar-refractivity contribution in [1.82, 2.24) is 10.2 Å². The van der Waals surface area contributed by atoms with E-state index >= 15 is 0 Å². The molecule has 5 atom stereocenters. The van der Waals surface area contributed by atoms with E-state index in [4.69, 9.17) is 33.0 Å². The number of carbonyl (C=O) groups excluding carboxylic acids is 4. The zero-order valence-corrected chi connectivity index (χ0v) is 35.4. The lowest BCUT2D eigenvalue weighted by molar-refractivity contribution is -0.199. The number of hydrogen-bond donors (Lipinski definition) is 1. The van der Waals surface area contributed by atoms with E-state index in [2.05, 4.69) is 26.1 Å². The second-order valence-electron chi connectivity index (χ2n) is 19.8. The van der Waals surface area contributed by atoms with Crippen LogP contribution in [0.1, 0.15) is 126 Å². The van der Waals surface area contributed by atoms with Crippen LogP contribution in [-0.4, -0.2) is 89.9 Å². The zero-order chi connectivity index (χ0) is 41.1. The maximum atomic E-state index is 14.0. The van der Waals surface area contributed by atoms with Gasteiger partial charge >= 0.3 is 25.3 Å². The van der Waals surface area contributed by atoms with Gasteiger partial charge in [-0.25, -0.2) is 14.4 Å². The second-order valence-corrected chi connectivity index (χ2v) is 19.8. The van der Waals surface area contributed by atoms with Crippen LogP contribution in [0.3, 0.4) is 0 Å². The maximum absolute atomic E-state index is 14.0. The molecular weight excluding hydrogens is 707 g/mol. The van der Waals surface area contributed by atoms with E-state index < -0.39 is 54.3 Å². The lowest BCUT2D eigenvalue weighted by Crippen LogP contribution is -2.65. The van der Waals surface area contributed by atoms with Gasteiger partial charge in [-0.3, -0.25) is 4.79 Å². The summed E-state index contributed by atoms with van der Waals surface area (Å²) in [6, 6.07) is 2.61. The largest absolute Gasteiger partial charge is 0.514 e. The molecule has 0 unspecified atom stereocenters. The van der Waals surface area contributed by atoms with Crippen LogP contribution in [0.15, 0.2) is 12.1 Å². The zero-order valence-electron chi connectivity index (χ0n) is 35.4. The highest BCUT2D eigenvalue weighted by Gasteiger charge is 2.67. The van der Waals surface area contributed by atoms with Gasteiger partial charge in [0, 0.05) is 0 Å². The summed E-state index contributed by atoms with van der Waals surface area (Å²) in [6.07, 6.45) is 0.758. The highest BCUT2D eigenvalue weighted by atomic mass is 16.7. The minimum Gasteiger partial charge on any atom is -0.486 e. The number of nitrogens with zero attached hydrogens (tertiary/aromatic N) is 1. The molecule has 2 amide bonds. The molecule has 306 valence electrons. The molecular formula is C41H63BN2O11. The fourth-order valence-corrected chi connectivity index (χ4v) is 8.26. The third-order valence-electron chi connectivity index (χ3n) is 11.1. The summed E-state index contributed by atoms with van der Waals surface area (Å²) in [5.74, 6) is -0.0983. The number of alkyl carbamates (subject to hydrolysis) is 1. The molecule has 55 heavy (non-hydrogen) atoms. The van der Waals surface area contributed by atoms with Crippen molar-refractivity contribution in [3.63, 3.8) is 0 Å². The molecule has 5 aliphatic rings. The molecule has 2 aliphatic heterocycles. The summed E-state index contributed by atoms with van der Waals surface area (Å²) in [5, 5.41) is 2.70. The predicted octanol–water partition coefficient (Wildman–Crippen LogP) is 7.37. The smallest absolute Gasteiger partial charge is 0.486 e. The molecule has 2 bridgehead atoms. The third kappa shape index (κ3) is 9.72. The standard InChI is InChI=1S/C41H63BN2O11/c1-23(2)31(43-35(47)52-38(6,7)8)33(45)44-21-26(22-44)49-27-16-15-24(17-18-42-54-29-20-25-19-28(40(25,12)13)41(29,14)55-42)32(50-36(48)53-39(9,10)11)30(27)34(46)51-37(3,4)5/h15-16,23,25-26,28-29,31H,17-22H2,1-14H3,(H,43,47)/t25-,28-,29+,31+,41-/m0/s1. The highest BCUT2D eigenvalue weighted by molar-refractivity contribution is 6.45. The summed E-state index contributed by atoms with van der Waals surface area (Å²) < 4.78 is 42.1. The minimum absolute atomic E-state index is 0.0118. The van der Waals surface area contributed by atoms with Crippen LogP contribution < -0.4 is 14.8 Å². The van der Waals surface area contributed by atoms with E-state index in [1.165, 1.54) is 0 Å². The van der Waals surface area contributed by atoms with Crippen LogP contribution in [0.5, 0.6) is 11.5 Å². The van der Waals surface area contributed by atoms with Gasteiger partial charge in [0.25, 0.3) is 0 Å². The van der Waals surface area contributed by atoms with Crippen LogP contribution in [0.4, 0.5) is 9.59 Å². The van der Waals surface area contributed by atoms with Crippen molar-refractivity contribution in [2.24, 2.45) is 23.2 Å². The van der Waals surface area contributed by atoms with Gasteiger partial charge in [-0.15, -0.1) is 0 Å². The first-order valence-electron chi connectivity index (χ1n) is 19.7. The Bertz CT molecular complexity index is 1640. The molecule has 0 aromatic heterocycles. The molecule has 0 spiro atoms. The normalized spacial score (nSPS) is 25.3. The van der Waals surface area contributed by atoms with Gasteiger partial charge in [-0.1, -0.05) is 33.8 Å². The van der Waals surface area contributed by atoms with Crippen molar-refractivity contribution in [3.8, 4) is 11.5 Å². The molecule has 1 aromatic rings. The monoisotopic (exact) mass is 770 g/mol. The summed E-state index contributed by atoms with van der Waals surface area (Å²) >= 11 is 0. The van der Waals surface area contributed by atoms with Gasteiger partial charge < -0.3 is 43.2 Å². The molecule has 1 aromatic carbocycles. The molecule has 14 heteroatoms. The molecule has 0 radical (unpaired) electrons. The van der Waals surface area contributed by atoms with Crippen LogP contribution in [0.25, 0.3) is 0 Å². The second kappa shape index (κ2) is 15.1. The number of esters is 1. The topological polar surface area (TPSA) is 148 Å². The molecule has 5 fully saturated rings. The van der Waals surface area contributed by atoms with Crippen molar-refractivity contribution in [2.75, 3.05) is 13.1 Å². The Kier molecular flexibility index (Phi) is 11.7. The summed E-state index contributed by atoms with van der Waals surface area (Å²) in [5.41, 5.74) is -2.15. The number of aryl methyl sites for hydroxylation is 1. The fourth-order valence-electron chi connectivity index (χ4n) is 8.26. The van der Waals surface area contributed by atoms with E-state index in [9.17, 15) is 19.2 Å². The maximum Gasteiger partial charge on any atom is 0.514 e. The highest BCUT2D eigenvalue weighted by Crippen LogP contribution is 2.65. The van der Waals surface area contributed by atoms with Gasteiger partial charge in [-0.05, 0) is 130 Å². The SMILES string of the molecule is CC(C)[C@@H](NC(=O)OC(C)(C)C)C(=O)N1CC(Oc2ccc(CCB3O[C@@H]4C[C@@H]5C[C@@H](C5(C)C)[C@]4(C)O3)c(OC(=O)OC(C)(C)C)c2C(=O)OC(C)(C)C)C1. The van der Waals surface area contributed by atoms with Crippen molar-refractivity contribution in [1.29, 1.82) is 0 Å². The Balaban J connectivity index is 1.38. The first-order chi connectivity index (χ1) is 25.2. The van der Waals surface area contributed by atoms with Crippen LogP contribution in [0.2, 0.25) is 6.32 Å². The molecule has 2 heterocycles. The molecule has 6 rings (SSSR count). The quantitative estimate of drug-likeness (QED) is 0.110. The molecule has 2 saturated heterocycles. The number of nitrogens with one attached hydrogen (secondary N) is 1. The van der Waals surface area contributed by atoms with Gasteiger partial charge in [0.15, 0.2) is 5.75 Å². The number of benzene rings is 1. The average Bonchev–Trinajstić information content (AvgIpc) is 3.33. The number of carbonyl (C=O) groups is 4. The number of rotatable bonds is 10. The van der Waals surface area contributed by atoms with Crippen molar-refractivity contribution in [2.45, 2.75) is 163 Å². The van der Waals surface area contributed by atoms with Gasteiger partial charge in [0.2, 0.25) is 5.91 Å². The first kappa shape index (κ1) is 42.6. The summed E-state index contributed by atoms with van der Waals surface area (Å²) in [4.78, 5) is 54.9. The lowest BCUT2D eigenvalue weighted by Gasteiger charge is -2.64. The van der Waals surface area contributed by atoms with E-state index in [0.717, 1.165) is 12.8 Å². The summed E-state index contributed by atoms with van der Waals surface area (Å²) in [7, 11) is -0.474. The van der Waals surface area contributed by atoms with E-state index in [-0.39, 0.29) is 59.1 Å². The van der Waals surface area contributed by atoms with Crippen LogP contribution in [0, 0.1) is 23.2 Å². The van der Waals surface area contributed by atoms with Gasteiger partial charge in [0.05, 0.1) is 24.8 Å². The number of ether oxygens (including phenoxy) is 5. The van der Waals surface area contributed by atoms with E-state index in [1.54, 1.807) is 79.3 Å². The molecule has 3 saturated carbocycles. The Hall–Kier alpha value is -3.52. The summed E-state index contributed by atoms with van der Waals surface area (Å²) in [6.45, 7) is 26.6. The predicted molar refractivity (Wildman–Crippen MR) is 206 cm³/mol. The molecule has 3 aliphatic carbocycles. The number of amides is 2. The number of likely N-dealkylation sites (tertiary alicyclic amines) is 1. The fraction of sp³-hybridized carbons (Fsp3) is 0.756. The Morgan fingerprint density at radius 1 is 0.909 bits per heavy atom. The molecule has 1 N–H and O–H groups in total. The Morgan fingerprint density at radius 3 is 2.09 bits per heavy atom. The first-order valence-corrected chi connectivity index (χ1v) is 19.7. The minimum atomic E-state index is -0.984. The van der Waals surface area contributed by atoms with Crippen molar-refractivity contribution in [3.05, 3.63) is 23.3 Å². The van der Waals surface area contributed by atoms with Crippen LogP contribution >= 0.6 is 0 Å². The number of hydrogen-bond acceptors (Lipinski definition) is 11. The Morgan fingerprint density at radius 2 is 1.53 bits per heavy atom. The average molecular weight is 771 g/mol.